The monoisotopic (exact) mass is 349 g/mol. The normalized spacial score (nSPS) is 14.6. The van der Waals surface area contributed by atoms with Gasteiger partial charge >= 0.3 is 12.1 Å². The van der Waals surface area contributed by atoms with Crippen molar-refractivity contribution in [2.75, 3.05) is 0 Å². The minimum atomic E-state index is -5.71. The largest absolute Gasteiger partial charge is 0.455 e. The molecule has 0 saturated heterocycles. The molecule has 0 radical (unpaired) electrons. The fraction of sp³-hybridized carbons (Fsp3) is 0.158. The molecule has 0 bridgehead atoms. The van der Waals surface area contributed by atoms with E-state index >= 15 is 0 Å². The first kappa shape index (κ1) is 16.0. The second-order valence-corrected chi connectivity index (χ2v) is 6.11. The van der Waals surface area contributed by atoms with Crippen LogP contribution in [0.25, 0.3) is 32.3 Å². The van der Waals surface area contributed by atoms with Crippen molar-refractivity contribution in [3.8, 4) is 0 Å². The highest BCUT2D eigenvalue weighted by atomic mass is 19.4. The van der Waals surface area contributed by atoms with Gasteiger partial charge in [-0.2, -0.15) is 22.0 Å². The maximum absolute atomic E-state index is 13.8. The van der Waals surface area contributed by atoms with Gasteiger partial charge in [0.2, 0.25) is 0 Å². The van der Waals surface area contributed by atoms with Gasteiger partial charge in [-0.1, -0.05) is 54.6 Å². The van der Waals surface area contributed by atoms with E-state index in [9.17, 15) is 22.0 Å². The van der Waals surface area contributed by atoms with Crippen molar-refractivity contribution < 1.29 is 22.0 Å². The third-order valence-electron chi connectivity index (χ3n) is 4.67. The van der Waals surface area contributed by atoms with E-state index < -0.39 is 18.1 Å². The highest BCUT2D eigenvalue weighted by Gasteiger charge is 2.61. The Morgan fingerprint density at radius 1 is 0.680 bits per heavy atom. The number of rotatable bonds is 2. The average Bonchev–Trinajstić information content (AvgIpc) is 2.58. The molecule has 0 spiro atoms. The lowest BCUT2D eigenvalue weighted by molar-refractivity contribution is -0.290. The van der Waals surface area contributed by atoms with Gasteiger partial charge in [0, 0.05) is 0 Å². The van der Waals surface area contributed by atoms with Gasteiger partial charge in [-0.3, -0.25) is 0 Å². The molecule has 0 aliphatic heterocycles. The van der Waals surface area contributed by atoms with Crippen LogP contribution in [0.2, 0.25) is 0 Å². The third-order valence-corrected chi connectivity index (χ3v) is 4.67. The fourth-order valence-electron chi connectivity index (χ4n) is 3.40. The summed E-state index contributed by atoms with van der Waals surface area (Å²) in [4.78, 5) is 0. The summed E-state index contributed by atoms with van der Waals surface area (Å²) in [5, 5.41) is 4.36. The molecule has 0 aliphatic carbocycles. The number of halogens is 5. The second-order valence-electron chi connectivity index (χ2n) is 6.11. The van der Waals surface area contributed by atoms with Gasteiger partial charge < -0.3 is 5.73 Å². The number of benzene rings is 4. The molecule has 4 rings (SSSR count). The summed E-state index contributed by atoms with van der Waals surface area (Å²) in [7, 11) is 0. The predicted molar refractivity (Wildman–Crippen MR) is 88.1 cm³/mol. The molecule has 4 aromatic rings. The van der Waals surface area contributed by atoms with Crippen LogP contribution in [0.3, 0.4) is 0 Å². The van der Waals surface area contributed by atoms with Crippen molar-refractivity contribution in [3.63, 3.8) is 0 Å². The topological polar surface area (TPSA) is 26.0 Å². The first-order chi connectivity index (χ1) is 11.7. The molecule has 0 fully saturated rings. The quantitative estimate of drug-likeness (QED) is 0.360. The molecule has 25 heavy (non-hydrogen) atoms. The predicted octanol–water partition coefficient (Wildman–Crippen LogP) is 5.78. The number of nitrogens with two attached hydrogens (primary N) is 1. The number of hydrogen-bond acceptors (Lipinski definition) is 1. The molecular formula is C19H12F5N. The van der Waals surface area contributed by atoms with E-state index in [0.29, 0.717) is 10.8 Å². The summed E-state index contributed by atoms with van der Waals surface area (Å²) in [6, 6.07) is 12.9. The zero-order valence-electron chi connectivity index (χ0n) is 12.7. The first-order valence-corrected chi connectivity index (χ1v) is 7.58. The van der Waals surface area contributed by atoms with E-state index in [-0.39, 0.29) is 5.56 Å². The second kappa shape index (κ2) is 5.02. The molecule has 0 heterocycles. The molecule has 4 aromatic carbocycles. The fourth-order valence-corrected chi connectivity index (χ4v) is 3.40. The molecule has 0 unspecified atom stereocenters. The van der Waals surface area contributed by atoms with E-state index in [0.717, 1.165) is 21.5 Å². The van der Waals surface area contributed by atoms with Crippen molar-refractivity contribution in [1.82, 2.24) is 0 Å². The average molecular weight is 349 g/mol. The standard InChI is InChI=1S/C19H12F5N/c20-18(21,19(22,23)24)17(25)14-9-7-12-5-4-10-2-1-3-11-6-8-13(14)16(12)15(10)11/h1-9,17H,25H2/t17-/m1/s1. The van der Waals surface area contributed by atoms with E-state index in [1.807, 2.05) is 30.3 Å². The Bertz CT molecular complexity index is 1070. The van der Waals surface area contributed by atoms with Crippen LogP contribution in [-0.4, -0.2) is 12.1 Å². The molecule has 0 amide bonds. The molecule has 2 N–H and O–H groups in total. The molecule has 6 heteroatoms. The van der Waals surface area contributed by atoms with Crippen LogP contribution in [0.15, 0.2) is 54.6 Å². The van der Waals surface area contributed by atoms with Crippen molar-refractivity contribution in [2.24, 2.45) is 5.73 Å². The number of alkyl halides is 5. The summed E-state index contributed by atoms with van der Waals surface area (Å²) in [5.74, 6) is -5.02. The lowest BCUT2D eigenvalue weighted by atomic mass is 9.88. The van der Waals surface area contributed by atoms with Gasteiger partial charge in [0.1, 0.15) is 6.04 Å². The van der Waals surface area contributed by atoms with Crippen LogP contribution in [-0.2, 0) is 0 Å². The molecular weight excluding hydrogens is 337 g/mol. The van der Waals surface area contributed by atoms with E-state index in [4.69, 9.17) is 5.73 Å². The summed E-state index contributed by atoms with van der Waals surface area (Å²) in [5.41, 5.74) is 5.17. The van der Waals surface area contributed by atoms with E-state index in [2.05, 4.69) is 0 Å². The van der Waals surface area contributed by atoms with E-state index in [1.54, 1.807) is 12.1 Å². The summed E-state index contributed by atoms with van der Waals surface area (Å²) < 4.78 is 65.8. The van der Waals surface area contributed by atoms with Gasteiger partial charge in [-0.25, -0.2) is 0 Å². The van der Waals surface area contributed by atoms with Gasteiger partial charge in [0.25, 0.3) is 0 Å². The molecule has 1 nitrogen and oxygen atoms in total. The Hall–Kier alpha value is -2.47. The lowest BCUT2D eigenvalue weighted by Crippen LogP contribution is -2.45. The van der Waals surface area contributed by atoms with Crippen LogP contribution in [0, 0.1) is 0 Å². The van der Waals surface area contributed by atoms with Crippen molar-refractivity contribution in [2.45, 2.75) is 18.1 Å². The van der Waals surface area contributed by atoms with Crippen LogP contribution < -0.4 is 5.73 Å². The number of hydrogen-bond donors (Lipinski definition) is 1. The summed E-state index contributed by atoms with van der Waals surface area (Å²) >= 11 is 0. The van der Waals surface area contributed by atoms with Gasteiger partial charge in [-0.15, -0.1) is 0 Å². The van der Waals surface area contributed by atoms with Crippen LogP contribution >= 0.6 is 0 Å². The first-order valence-electron chi connectivity index (χ1n) is 7.58. The smallest absolute Gasteiger partial charge is 0.319 e. The van der Waals surface area contributed by atoms with Crippen molar-refractivity contribution in [3.05, 3.63) is 60.2 Å². The zero-order valence-corrected chi connectivity index (χ0v) is 12.7. The minimum Gasteiger partial charge on any atom is -0.319 e. The minimum absolute atomic E-state index is 0.215. The molecule has 0 aromatic heterocycles. The Morgan fingerprint density at radius 3 is 1.80 bits per heavy atom. The molecule has 128 valence electrons. The van der Waals surface area contributed by atoms with E-state index in [1.165, 1.54) is 12.1 Å². The Morgan fingerprint density at radius 2 is 1.20 bits per heavy atom. The SMILES string of the molecule is N[C@H](c1ccc2ccc3cccc4ccc1c2c34)C(F)(F)C(F)(F)F. The molecule has 0 aliphatic rings. The van der Waals surface area contributed by atoms with Crippen molar-refractivity contribution in [1.29, 1.82) is 0 Å². The molecule has 1 atom stereocenters. The highest BCUT2D eigenvalue weighted by Crippen LogP contribution is 2.46. The zero-order chi connectivity index (χ0) is 18.0. The third kappa shape index (κ3) is 2.17. The maximum Gasteiger partial charge on any atom is 0.455 e. The Balaban J connectivity index is 2.06. The maximum atomic E-state index is 13.8. The van der Waals surface area contributed by atoms with Crippen molar-refractivity contribution >= 4 is 32.3 Å². The van der Waals surface area contributed by atoms with Crippen LogP contribution in [0.5, 0.6) is 0 Å². The summed E-state index contributed by atoms with van der Waals surface area (Å²) in [6.45, 7) is 0. The summed E-state index contributed by atoms with van der Waals surface area (Å²) in [6.07, 6.45) is -5.71. The van der Waals surface area contributed by atoms with Crippen LogP contribution in [0.4, 0.5) is 22.0 Å². The highest BCUT2D eigenvalue weighted by molar-refractivity contribution is 6.23. The lowest BCUT2D eigenvalue weighted by Gasteiger charge is -2.27. The van der Waals surface area contributed by atoms with Gasteiger partial charge in [0.05, 0.1) is 0 Å². The Kier molecular flexibility index (Phi) is 3.22. The van der Waals surface area contributed by atoms with Gasteiger partial charge in [-0.05, 0) is 37.9 Å². The van der Waals surface area contributed by atoms with Gasteiger partial charge in [0.15, 0.2) is 0 Å². The Labute approximate surface area is 139 Å². The molecule has 0 saturated carbocycles. The van der Waals surface area contributed by atoms with Crippen LogP contribution in [0.1, 0.15) is 11.6 Å².